The number of fused-ring (bicyclic) bond motifs is 2. The first-order valence-corrected chi connectivity index (χ1v) is 13.9. The molecule has 0 saturated carbocycles. The number of carbonyl (C=O) groups is 4. The molecule has 0 aliphatic carbocycles. The summed E-state index contributed by atoms with van der Waals surface area (Å²) in [5.74, 6) is -1.73. The maximum atomic E-state index is 13.4. The highest BCUT2D eigenvalue weighted by molar-refractivity contribution is 5.83. The van der Waals surface area contributed by atoms with Crippen LogP contribution in [0.2, 0.25) is 0 Å². The van der Waals surface area contributed by atoms with E-state index in [-0.39, 0.29) is 22.1 Å². The first-order chi connectivity index (χ1) is 21.5. The molecule has 14 nitrogen and oxygen atoms in total. The third-order valence-electron chi connectivity index (χ3n) is 6.80. The molecule has 0 radical (unpaired) electrons. The molecule has 1 fully saturated rings. The molecule has 0 amide bonds. The van der Waals surface area contributed by atoms with Gasteiger partial charge in [0.15, 0.2) is 29.1 Å². The summed E-state index contributed by atoms with van der Waals surface area (Å²) in [5, 5.41) is 0.247. The van der Waals surface area contributed by atoms with Crippen LogP contribution >= 0.6 is 0 Å². The van der Waals surface area contributed by atoms with E-state index in [0.717, 1.165) is 20.8 Å². The van der Waals surface area contributed by atoms with Crippen molar-refractivity contribution in [3.8, 4) is 28.4 Å². The van der Waals surface area contributed by atoms with Crippen molar-refractivity contribution in [1.82, 2.24) is 0 Å². The van der Waals surface area contributed by atoms with Crippen LogP contribution in [0.3, 0.4) is 0 Å². The van der Waals surface area contributed by atoms with Gasteiger partial charge in [0.1, 0.15) is 43.5 Å². The lowest BCUT2D eigenvalue weighted by atomic mass is 9.98. The lowest BCUT2D eigenvalue weighted by Gasteiger charge is -2.43. The summed E-state index contributed by atoms with van der Waals surface area (Å²) in [6.45, 7) is 4.96. The molecule has 238 valence electrons. The second kappa shape index (κ2) is 13.3. The minimum atomic E-state index is -1.45. The smallest absolute Gasteiger partial charge is 0.303 e. The first-order valence-electron chi connectivity index (χ1n) is 13.9. The van der Waals surface area contributed by atoms with E-state index in [1.165, 1.54) is 31.4 Å². The Kier molecular flexibility index (Phi) is 9.23. The maximum Gasteiger partial charge on any atom is 0.303 e. The summed E-state index contributed by atoms with van der Waals surface area (Å²) in [4.78, 5) is 61.1. The van der Waals surface area contributed by atoms with Crippen LogP contribution < -0.4 is 19.6 Å². The number of benzene rings is 2. The van der Waals surface area contributed by atoms with E-state index >= 15 is 0 Å². The van der Waals surface area contributed by atoms with Crippen LogP contribution in [0.4, 0.5) is 0 Å². The first kappa shape index (κ1) is 31.3. The Morgan fingerprint density at radius 1 is 0.778 bits per heavy atom. The minimum Gasteiger partial charge on any atom is -0.486 e. The number of esters is 4. The molecule has 2 aliphatic heterocycles. The predicted molar refractivity (Wildman–Crippen MR) is 151 cm³/mol. The normalized spacial score (nSPS) is 22.2. The SMILES string of the molecule is CC(=O)OC[C@@H]1O[C@H](Oc2ccc3c(=O)c(-c4ccc5c(c4)OCCO5)coc3c2)[C@H](OC(C)=O)[C@@H](OC(C)=O)[C@H]1OC(C)=O. The fourth-order valence-electron chi connectivity index (χ4n) is 5.01. The van der Waals surface area contributed by atoms with E-state index in [4.69, 9.17) is 42.3 Å². The van der Waals surface area contributed by atoms with Crippen LogP contribution in [0.1, 0.15) is 27.7 Å². The van der Waals surface area contributed by atoms with Gasteiger partial charge in [0, 0.05) is 33.8 Å². The van der Waals surface area contributed by atoms with Crippen molar-refractivity contribution in [2.45, 2.75) is 58.4 Å². The zero-order valence-corrected chi connectivity index (χ0v) is 24.8. The summed E-state index contributed by atoms with van der Waals surface area (Å²) in [7, 11) is 0. The molecule has 3 aromatic rings. The van der Waals surface area contributed by atoms with E-state index in [9.17, 15) is 24.0 Å². The Morgan fingerprint density at radius 3 is 2.13 bits per heavy atom. The van der Waals surface area contributed by atoms with E-state index in [1.807, 2.05) is 0 Å². The summed E-state index contributed by atoms with van der Waals surface area (Å²) in [6, 6.07) is 9.54. The molecule has 45 heavy (non-hydrogen) atoms. The number of carbonyl (C=O) groups excluding carboxylic acids is 4. The van der Waals surface area contributed by atoms with E-state index in [1.54, 1.807) is 18.2 Å². The van der Waals surface area contributed by atoms with Gasteiger partial charge < -0.3 is 42.3 Å². The van der Waals surface area contributed by atoms with Gasteiger partial charge in [0.2, 0.25) is 12.4 Å². The average Bonchev–Trinajstić information content (AvgIpc) is 2.98. The highest BCUT2D eigenvalue weighted by Gasteiger charge is 2.53. The van der Waals surface area contributed by atoms with Gasteiger partial charge in [-0.2, -0.15) is 0 Å². The molecular weight excluding hydrogens is 596 g/mol. The van der Waals surface area contributed by atoms with Crippen LogP contribution in [0.5, 0.6) is 17.2 Å². The Balaban J connectivity index is 1.47. The quantitative estimate of drug-likeness (QED) is 0.264. The Bertz CT molecular complexity index is 1680. The number of hydrogen-bond acceptors (Lipinski definition) is 14. The van der Waals surface area contributed by atoms with Crippen LogP contribution in [0.25, 0.3) is 22.1 Å². The van der Waals surface area contributed by atoms with Crippen molar-refractivity contribution in [3.05, 3.63) is 52.9 Å². The molecule has 1 saturated heterocycles. The van der Waals surface area contributed by atoms with Gasteiger partial charge in [-0.1, -0.05) is 6.07 Å². The van der Waals surface area contributed by atoms with Crippen LogP contribution in [0.15, 0.2) is 51.9 Å². The number of hydrogen-bond donors (Lipinski definition) is 0. The van der Waals surface area contributed by atoms with Crippen molar-refractivity contribution in [2.75, 3.05) is 19.8 Å². The third kappa shape index (κ3) is 7.17. The van der Waals surface area contributed by atoms with Crippen LogP contribution in [-0.4, -0.2) is 74.4 Å². The van der Waals surface area contributed by atoms with E-state index in [0.29, 0.717) is 35.8 Å². The summed E-state index contributed by atoms with van der Waals surface area (Å²) >= 11 is 0. The van der Waals surface area contributed by atoms with Gasteiger partial charge in [0.25, 0.3) is 0 Å². The fraction of sp³-hybridized carbons (Fsp3) is 0.387. The largest absolute Gasteiger partial charge is 0.486 e. The molecular formula is C31H30O14. The minimum absolute atomic E-state index is 0.124. The topological polar surface area (TPSA) is 172 Å². The molecule has 0 bridgehead atoms. The fourth-order valence-corrected chi connectivity index (χ4v) is 5.01. The van der Waals surface area contributed by atoms with E-state index in [2.05, 4.69) is 0 Å². The molecule has 5 atom stereocenters. The Labute approximate surface area is 256 Å². The molecule has 3 heterocycles. The van der Waals surface area contributed by atoms with E-state index < -0.39 is 61.2 Å². The Morgan fingerprint density at radius 2 is 1.44 bits per heavy atom. The molecule has 14 heteroatoms. The molecule has 0 unspecified atom stereocenters. The van der Waals surface area contributed by atoms with Crippen molar-refractivity contribution in [3.63, 3.8) is 0 Å². The van der Waals surface area contributed by atoms with Crippen molar-refractivity contribution >= 4 is 34.8 Å². The molecule has 0 N–H and O–H groups in total. The Hall–Kier alpha value is -5.11. The van der Waals surface area contributed by atoms with Gasteiger partial charge in [-0.05, 0) is 29.8 Å². The molecule has 2 aromatic carbocycles. The summed E-state index contributed by atoms with van der Waals surface area (Å²) in [6.07, 6.45) is -5.49. The third-order valence-corrected chi connectivity index (χ3v) is 6.80. The van der Waals surface area contributed by atoms with Gasteiger partial charge in [-0.3, -0.25) is 24.0 Å². The summed E-state index contributed by atoms with van der Waals surface area (Å²) in [5.41, 5.74) is 0.733. The van der Waals surface area contributed by atoms with Gasteiger partial charge in [-0.15, -0.1) is 0 Å². The lowest BCUT2D eigenvalue weighted by Crippen LogP contribution is -2.63. The van der Waals surface area contributed by atoms with Gasteiger partial charge in [0.05, 0.1) is 10.9 Å². The van der Waals surface area contributed by atoms with Crippen LogP contribution in [0, 0.1) is 0 Å². The second-order valence-electron chi connectivity index (χ2n) is 10.2. The zero-order valence-electron chi connectivity index (χ0n) is 24.8. The predicted octanol–water partition coefficient (Wildman–Crippen LogP) is 2.69. The standard InChI is InChI=1S/C31H30O14/c1-15(32)39-14-26-28(41-16(2)33)29(42-17(3)34)30(43-18(4)35)31(45-26)44-20-6-7-21-24(12-20)40-13-22(27(21)36)19-5-8-23-25(11-19)38-10-9-37-23/h5-8,11-13,26,28-31H,9-10,14H2,1-4H3/t26-,28-,29-,30+,31-/m0/s1. The second-order valence-corrected chi connectivity index (χ2v) is 10.2. The lowest BCUT2D eigenvalue weighted by molar-refractivity contribution is -0.288. The molecule has 5 rings (SSSR count). The molecule has 2 aliphatic rings. The van der Waals surface area contributed by atoms with Crippen molar-refractivity contribution in [1.29, 1.82) is 0 Å². The maximum absolute atomic E-state index is 13.4. The number of ether oxygens (including phenoxy) is 8. The van der Waals surface area contributed by atoms with Gasteiger partial charge in [-0.25, -0.2) is 0 Å². The zero-order chi connectivity index (χ0) is 32.2. The highest BCUT2D eigenvalue weighted by atomic mass is 16.7. The average molecular weight is 627 g/mol. The number of rotatable bonds is 8. The summed E-state index contributed by atoms with van der Waals surface area (Å²) < 4.78 is 50.3. The van der Waals surface area contributed by atoms with Crippen LogP contribution in [-0.2, 0) is 42.9 Å². The van der Waals surface area contributed by atoms with Crippen molar-refractivity contribution < 1.29 is 61.5 Å². The van der Waals surface area contributed by atoms with Crippen molar-refractivity contribution in [2.24, 2.45) is 0 Å². The molecule has 1 aromatic heterocycles. The van der Waals surface area contributed by atoms with Gasteiger partial charge >= 0.3 is 23.9 Å². The monoisotopic (exact) mass is 626 g/mol. The highest BCUT2D eigenvalue weighted by Crippen LogP contribution is 2.35. The molecule has 0 spiro atoms.